The maximum absolute atomic E-state index is 12.2. The Bertz CT molecular complexity index is 464. The normalized spacial score (nSPS) is 14.9. The highest BCUT2D eigenvalue weighted by atomic mass is 35.5. The molecule has 20 heavy (non-hydrogen) atoms. The summed E-state index contributed by atoms with van der Waals surface area (Å²) in [6.07, 6.45) is 2.28. The van der Waals surface area contributed by atoms with E-state index in [0.29, 0.717) is 29.5 Å². The lowest BCUT2D eigenvalue weighted by Crippen LogP contribution is -2.41. The zero-order valence-corrected chi connectivity index (χ0v) is 12.5. The lowest BCUT2D eigenvalue weighted by Gasteiger charge is -2.17. The van der Waals surface area contributed by atoms with Gasteiger partial charge in [0, 0.05) is 18.7 Å². The highest BCUT2D eigenvalue weighted by Gasteiger charge is 2.31. The maximum Gasteiger partial charge on any atom is 0.255 e. The van der Waals surface area contributed by atoms with Gasteiger partial charge in [-0.15, -0.1) is 12.4 Å². The van der Waals surface area contributed by atoms with Crippen LogP contribution in [-0.4, -0.2) is 32.7 Å². The summed E-state index contributed by atoms with van der Waals surface area (Å²) in [5, 5.41) is 2.97. The Balaban J connectivity index is 0.00000200. The van der Waals surface area contributed by atoms with Gasteiger partial charge in [0.1, 0.15) is 11.5 Å². The molecule has 0 aliphatic heterocycles. The minimum absolute atomic E-state index is 0. The predicted octanol–water partition coefficient (Wildman–Crippen LogP) is 1.59. The standard InChI is InChI=1S/C14H20N2O3.ClH/c1-18-10-5-6-11(13(7-10)19-2)14(17)16-12(8-15)9-3-4-9;/h5-7,9,12H,3-4,8,15H2,1-2H3,(H,16,17);1H. The number of carbonyl (C=O) groups is 1. The van der Waals surface area contributed by atoms with Crippen LogP contribution < -0.4 is 20.5 Å². The van der Waals surface area contributed by atoms with Gasteiger partial charge in [-0.3, -0.25) is 4.79 Å². The van der Waals surface area contributed by atoms with E-state index in [0.717, 1.165) is 12.8 Å². The van der Waals surface area contributed by atoms with Crippen molar-refractivity contribution in [1.29, 1.82) is 0 Å². The number of halogens is 1. The third kappa shape index (κ3) is 3.77. The summed E-state index contributed by atoms with van der Waals surface area (Å²) in [5.74, 6) is 1.54. The molecule has 5 nitrogen and oxygen atoms in total. The first-order valence-corrected chi connectivity index (χ1v) is 6.42. The average molecular weight is 301 g/mol. The summed E-state index contributed by atoms with van der Waals surface area (Å²) >= 11 is 0. The van der Waals surface area contributed by atoms with E-state index in [2.05, 4.69) is 5.32 Å². The van der Waals surface area contributed by atoms with E-state index in [-0.39, 0.29) is 24.4 Å². The molecule has 1 amide bonds. The lowest BCUT2D eigenvalue weighted by atomic mass is 10.1. The number of rotatable bonds is 6. The first kappa shape index (κ1) is 16.6. The largest absolute Gasteiger partial charge is 0.497 e. The molecular weight excluding hydrogens is 280 g/mol. The third-order valence-corrected chi connectivity index (χ3v) is 3.41. The average Bonchev–Trinajstić information content (AvgIpc) is 3.28. The molecule has 1 aromatic rings. The highest BCUT2D eigenvalue weighted by Crippen LogP contribution is 2.32. The van der Waals surface area contributed by atoms with Crippen molar-refractivity contribution in [2.24, 2.45) is 11.7 Å². The first-order valence-electron chi connectivity index (χ1n) is 6.42. The topological polar surface area (TPSA) is 73.6 Å². The molecule has 1 saturated carbocycles. The van der Waals surface area contributed by atoms with E-state index >= 15 is 0 Å². The van der Waals surface area contributed by atoms with Crippen molar-refractivity contribution in [2.75, 3.05) is 20.8 Å². The fourth-order valence-corrected chi connectivity index (χ4v) is 2.10. The van der Waals surface area contributed by atoms with Crippen molar-refractivity contribution in [3.05, 3.63) is 23.8 Å². The molecule has 1 aliphatic rings. The molecule has 1 atom stereocenters. The van der Waals surface area contributed by atoms with Crippen LogP contribution in [0.3, 0.4) is 0 Å². The summed E-state index contributed by atoms with van der Waals surface area (Å²) in [6, 6.07) is 5.20. The Hall–Kier alpha value is -1.46. The number of benzene rings is 1. The number of hydrogen-bond acceptors (Lipinski definition) is 4. The Morgan fingerprint density at radius 3 is 2.60 bits per heavy atom. The maximum atomic E-state index is 12.2. The van der Waals surface area contributed by atoms with Crippen LogP contribution >= 0.6 is 12.4 Å². The van der Waals surface area contributed by atoms with E-state index < -0.39 is 0 Å². The van der Waals surface area contributed by atoms with Crippen LogP contribution in [0.2, 0.25) is 0 Å². The van der Waals surface area contributed by atoms with Crippen molar-refractivity contribution in [3.8, 4) is 11.5 Å². The highest BCUT2D eigenvalue weighted by molar-refractivity contribution is 5.97. The molecule has 0 radical (unpaired) electrons. The molecular formula is C14H21ClN2O3. The van der Waals surface area contributed by atoms with Crippen LogP contribution in [0.1, 0.15) is 23.2 Å². The van der Waals surface area contributed by atoms with Crippen LogP contribution in [0.4, 0.5) is 0 Å². The van der Waals surface area contributed by atoms with Crippen LogP contribution in [0.5, 0.6) is 11.5 Å². The van der Waals surface area contributed by atoms with Gasteiger partial charge in [0.05, 0.1) is 19.8 Å². The van der Waals surface area contributed by atoms with Crippen LogP contribution in [0.25, 0.3) is 0 Å². The van der Waals surface area contributed by atoms with Gasteiger partial charge >= 0.3 is 0 Å². The second-order valence-corrected chi connectivity index (χ2v) is 4.72. The van der Waals surface area contributed by atoms with Gasteiger partial charge in [0.25, 0.3) is 5.91 Å². The number of carbonyl (C=O) groups excluding carboxylic acids is 1. The fourth-order valence-electron chi connectivity index (χ4n) is 2.10. The first-order chi connectivity index (χ1) is 9.19. The van der Waals surface area contributed by atoms with Gasteiger partial charge in [-0.2, -0.15) is 0 Å². The zero-order chi connectivity index (χ0) is 13.8. The van der Waals surface area contributed by atoms with Crippen LogP contribution in [-0.2, 0) is 0 Å². The van der Waals surface area contributed by atoms with Gasteiger partial charge in [-0.25, -0.2) is 0 Å². The quantitative estimate of drug-likeness (QED) is 0.837. The zero-order valence-electron chi connectivity index (χ0n) is 11.7. The molecule has 1 fully saturated rings. The summed E-state index contributed by atoms with van der Waals surface area (Å²) < 4.78 is 10.3. The predicted molar refractivity (Wildman–Crippen MR) is 79.8 cm³/mol. The smallest absolute Gasteiger partial charge is 0.255 e. The van der Waals surface area contributed by atoms with Gasteiger partial charge in [0.15, 0.2) is 0 Å². The molecule has 0 bridgehead atoms. The minimum atomic E-state index is -0.151. The molecule has 0 spiro atoms. The molecule has 6 heteroatoms. The minimum Gasteiger partial charge on any atom is -0.497 e. The Morgan fingerprint density at radius 2 is 2.10 bits per heavy atom. The molecule has 1 unspecified atom stereocenters. The van der Waals surface area contributed by atoms with E-state index in [1.54, 1.807) is 25.3 Å². The Labute approximate surface area is 125 Å². The number of hydrogen-bond donors (Lipinski definition) is 2. The number of nitrogens with two attached hydrogens (primary N) is 1. The van der Waals surface area contributed by atoms with Crippen molar-refractivity contribution in [3.63, 3.8) is 0 Å². The molecule has 1 aliphatic carbocycles. The van der Waals surface area contributed by atoms with Gasteiger partial charge in [-0.1, -0.05) is 0 Å². The molecule has 3 N–H and O–H groups in total. The number of amides is 1. The molecule has 0 heterocycles. The van der Waals surface area contributed by atoms with Crippen molar-refractivity contribution in [1.82, 2.24) is 5.32 Å². The molecule has 2 rings (SSSR count). The fraction of sp³-hybridized carbons (Fsp3) is 0.500. The van der Waals surface area contributed by atoms with E-state index in [1.165, 1.54) is 7.11 Å². The van der Waals surface area contributed by atoms with Gasteiger partial charge in [0.2, 0.25) is 0 Å². The van der Waals surface area contributed by atoms with Crippen molar-refractivity contribution >= 4 is 18.3 Å². The van der Waals surface area contributed by atoms with E-state index in [4.69, 9.17) is 15.2 Å². The van der Waals surface area contributed by atoms with E-state index in [1.807, 2.05) is 0 Å². The van der Waals surface area contributed by atoms with Crippen molar-refractivity contribution < 1.29 is 14.3 Å². The number of ether oxygens (including phenoxy) is 2. The summed E-state index contributed by atoms with van der Waals surface area (Å²) in [7, 11) is 3.11. The lowest BCUT2D eigenvalue weighted by molar-refractivity contribution is 0.0930. The van der Waals surface area contributed by atoms with Crippen LogP contribution in [0, 0.1) is 5.92 Å². The summed E-state index contributed by atoms with van der Waals surface area (Å²) in [5.41, 5.74) is 6.19. The van der Waals surface area contributed by atoms with Gasteiger partial charge < -0.3 is 20.5 Å². The Morgan fingerprint density at radius 1 is 1.40 bits per heavy atom. The van der Waals surface area contributed by atoms with E-state index in [9.17, 15) is 4.79 Å². The summed E-state index contributed by atoms with van der Waals surface area (Å²) in [6.45, 7) is 0.467. The van der Waals surface area contributed by atoms with Crippen molar-refractivity contribution in [2.45, 2.75) is 18.9 Å². The number of methoxy groups -OCH3 is 2. The Kier molecular flexibility index (Phi) is 6.10. The second kappa shape index (κ2) is 7.36. The molecule has 112 valence electrons. The summed E-state index contributed by atoms with van der Waals surface area (Å²) in [4.78, 5) is 12.2. The SMILES string of the molecule is COc1ccc(C(=O)NC(CN)C2CC2)c(OC)c1.Cl. The number of nitrogens with one attached hydrogen (secondary N) is 1. The van der Waals surface area contributed by atoms with Gasteiger partial charge in [-0.05, 0) is 30.9 Å². The second-order valence-electron chi connectivity index (χ2n) is 4.72. The third-order valence-electron chi connectivity index (χ3n) is 3.41. The molecule has 0 aromatic heterocycles. The van der Waals surface area contributed by atoms with Crippen LogP contribution in [0.15, 0.2) is 18.2 Å². The monoisotopic (exact) mass is 300 g/mol. The molecule has 0 saturated heterocycles. The molecule has 1 aromatic carbocycles.